The number of aromatic nitrogens is 2. The molecule has 0 fully saturated rings. The van der Waals surface area contributed by atoms with E-state index in [0.29, 0.717) is 0 Å². The summed E-state index contributed by atoms with van der Waals surface area (Å²) in [5.41, 5.74) is -1.71. The van der Waals surface area contributed by atoms with Gasteiger partial charge >= 0.3 is 12.4 Å². The summed E-state index contributed by atoms with van der Waals surface area (Å²) in [6, 6.07) is 8.85. The molecule has 11 heteroatoms. The predicted octanol–water partition coefficient (Wildman–Crippen LogP) is 6.73. The summed E-state index contributed by atoms with van der Waals surface area (Å²) < 4.78 is 83.1. The molecule has 30 heavy (non-hydrogen) atoms. The number of halogens is 7. The van der Waals surface area contributed by atoms with Gasteiger partial charge in [0.1, 0.15) is 17.9 Å². The molecule has 2 aromatic carbocycles. The molecule has 0 bridgehead atoms. The third kappa shape index (κ3) is 4.93. The molecule has 0 amide bonds. The second-order valence-corrected chi connectivity index (χ2v) is 6.47. The molecule has 0 saturated carbocycles. The van der Waals surface area contributed by atoms with Gasteiger partial charge in [0, 0.05) is 18.8 Å². The molecule has 4 nitrogen and oxygen atoms in total. The fraction of sp³-hybridized carbons (Fsp3) is 0.158. The fourth-order valence-corrected chi connectivity index (χ4v) is 2.72. The average Bonchev–Trinajstić information content (AvgIpc) is 2.68. The van der Waals surface area contributed by atoms with Crippen LogP contribution in [0.4, 0.5) is 37.8 Å². The minimum absolute atomic E-state index is 0.103. The lowest BCUT2D eigenvalue weighted by molar-refractivity contribution is -0.138. The number of rotatable bonds is 4. The lowest BCUT2D eigenvalue weighted by atomic mass is 10.2. The van der Waals surface area contributed by atoms with Crippen LogP contribution in [-0.2, 0) is 12.4 Å². The second kappa shape index (κ2) is 8.02. The van der Waals surface area contributed by atoms with Crippen molar-refractivity contribution >= 4 is 23.1 Å². The normalized spacial score (nSPS) is 12.0. The number of anilines is 2. The number of alkyl halides is 6. The van der Waals surface area contributed by atoms with E-state index in [-0.39, 0.29) is 23.1 Å². The van der Waals surface area contributed by atoms with Crippen LogP contribution in [0.3, 0.4) is 0 Å². The lowest BCUT2D eigenvalue weighted by Gasteiger charge is -2.20. The van der Waals surface area contributed by atoms with Crippen LogP contribution >= 0.6 is 11.6 Å². The smallest absolute Gasteiger partial charge is 0.417 e. The summed E-state index contributed by atoms with van der Waals surface area (Å²) in [6.45, 7) is 0. The molecule has 3 aromatic rings. The molecule has 0 saturated heterocycles. The van der Waals surface area contributed by atoms with E-state index in [1.807, 2.05) is 0 Å². The first-order chi connectivity index (χ1) is 13.9. The SMILES string of the molecule is CN(c1cccc(C(F)(F)F)c1)c1cc(Oc2ccc(Cl)c(C(F)(F)F)c2)ncn1. The van der Waals surface area contributed by atoms with Crippen molar-refractivity contribution in [3.8, 4) is 11.6 Å². The Morgan fingerprint density at radius 1 is 0.900 bits per heavy atom. The highest BCUT2D eigenvalue weighted by Crippen LogP contribution is 2.38. The van der Waals surface area contributed by atoms with E-state index >= 15 is 0 Å². The summed E-state index contributed by atoms with van der Waals surface area (Å²) >= 11 is 5.58. The van der Waals surface area contributed by atoms with Crippen molar-refractivity contribution in [1.82, 2.24) is 9.97 Å². The summed E-state index contributed by atoms with van der Waals surface area (Å²) in [5, 5.41) is -0.484. The average molecular weight is 448 g/mol. The van der Waals surface area contributed by atoms with Crippen LogP contribution in [0.5, 0.6) is 11.6 Å². The Morgan fingerprint density at radius 2 is 1.63 bits per heavy atom. The van der Waals surface area contributed by atoms with Crippen molar-refractivity contribution in [1.29, 1.82) is 0 Å². The first-order valence-electron chi connectivity index (χ1n) is 8.23. The van der Waals surface area contributed by atoms with E-state index in [2.05, 4.69) is 9.97 Å². The molecule has 1 aromatic heterocycles. The van der Waals surface area contributed by atoms with Gasteiger partial charge < -0.3 is 9.64 Å². The standard InChI is InChI=1S/C19H12ClF6N3O/c1-29(12-4-2-3-11(7-12)18(21,22)23)16-9-17(28-10-27-16)30-13-5-6-15(20)14(8-13)19(24,25)26/h2-10H,1H3. The van der Waals surface area contributed by atoms with Gasteiger partial charge in [0.15, 0.2) is 0 Å². The number of benzene rings is 2. The molecule has 0 radical (unpaired) electrons. The van der Waals surface area contributed by atoms with Crippen molar-refractivity contribution in [2.45, 2.75) is 12.4 Å². The molecule has 0 spiro atoms. The summed E-state index contributed by atoms with van der Waals surface area (Å²) in [6.07, 6.45) is -8.10. The van der Waals surface area contributed by atoms with Gasteiger partial charge in [0.2, 0.25) is 5.88 Å². The maximum Gasteiger partial charge on any atom is 0.417 e. The van der Waals surface area contributed by atoms with Crippen LogP contribution in [0.25, 0.3) is 0 Å². The molecule has 0 aliphatic carbocycles. The molecule has 0 aliphatic heterocycles. The van der Waals surface area contributed by atoms with Gasteiger partial charge in [0.05, 0.1) is 16.1 Å². The Hall–Kier alpha value is -3.01. The van der Waals surface area contributed by atoms with Crippen LogP contribution < -0.4 is 9.64 Å². The summed E-state index contributed by atoms with van der Waals surface area (Å²) in [7, 11) is 1.48. The molecule has 0 atom stereocenters. The number of ether oxygens (including phenoxy) is 1. The Balaban J connectivity index is 1.87. The highest BCUT2D eigenvalue weighted by atomic mass is 35.5. The van der Waals surface area contributed by atoms with Crippen molar-refractivity contribution in [3.63, 3.8) is 0 Å². The topological polar surface area (TPSA) is 38.2 Å². The quantitative estimate of drug-likeness (QED) is 0.416. The maximum absolute atomic E-state index is 13.0. The Labute approximate surface area is 171 Å². The highest BCUT2D eigenvalue weighted by molar-refractivity contribution is 6.31. The molecule has 3 rings (SSSR count). The van der Waals surface area contributed by atoms with Gasteiger partial charge in [-0.25, -0.2) is 9.97 Å². The Kier molecular flexibility index (Phi) is 5.80. The van der Waals surface area contributed by atoms with Crippen molar-refractivity contribution in [2.24, 2.45) is 0 Å². The second-order valence-electron chi connectivity index (χ2n) is 6.06. The molecular weight excluding hydrogens is 436 g/mol. The Bertz CT molecular complexity index is 1050. The third-order valence-electron chi connectivity index (χ3n) is 4.00. The van der Waals surface area contributed by atoms with Crippen LogP contribution in [0.1, 0.15) is 11.1 Å². The number of nitrogens with zero attached hydrogens (tertiary/aromatic N) is 3. The van der Waals surface area contributed by atoms with Gasteiger partial charge in [-0.3, -0.25) is 0 Å². The van der Waals surface area contributed by atoms with Gasteiger partial charge in [-0.15, -0.1) is 0 Å². The molecule has 1 heterocycles. The van der Waals surface area contributed by atoms with Crippen LogP contribution in [-0.4, -0.2) is 17.0 Å². The van der Waals surface area contributed by atoms with Gasteiger partial charge in [0.25, 0.3) is 0 Å². The van der Waals surface area contributed by atoms with Crippen LogP contribution in [0, 0.1) is 0 Å². The molecule has 0 unspecified atom stereocenters. The van der Waals surface area contributed by atoms with Gasteiger partial charge in [-0.05, 0) is 36.4 Å². The largest absolute Gasteiger partial charge is 0.439 e. The molecule has 158 valence electrons. The first-order valence-corrected chi connectivity index (χ1v) is 8.60. The van der Waals surface area contributed by atoms with E-state index in [9.17, 15) is 26.3 Å². The minimum atomic E-state index is -4.67. The lowest BCUT2D eigenvalue weighted by Crippen LogP contribution is -2.13. The van der Waals surface area contributed by atoms with E-state index in [1.54, 1.807) is 0 Å². The number of hydrogen-bond donors (Lipinski definition) is 0. The van der Waals surface area contributed by atoms with Crippen LogP contribution in [0.2, 0.25) is 5.02 Å². The predicted molar refractivity (Wildman–Crippen MR) is 98.1 cm³/mol. The molecule has 0 N–H and O–H groups in total. The number of hydrogen-bond acceptors (Lipinski definition) is 4. The van der Waals surface area contributed by atoms with Crippen molar-refractivity contribution < 1.29 is 31.1 Å². The third-order valence-corrected chi connectivity index (χ3v) is 4.33. The summed E-state index contributed by atoms with van der Waals surface area (Å²) in [5.74, 6) is -0.100. The monoisotopic (exact) mass is 447 g/mol. The zero-order chi connectivity index (χ0) is 22.1. The van der Waals surface area contributed by atoms with Crippen molar-refractivity contribution in [2.75, 3.05) is 11.9 Å². The molecular formula is C19H12ClF6N3O. The van der Waals surface area contributed by atoms with Crippen molar-refractivity contribution in [3.05, 3.63) is 71.0 Å². The Morgan fingerprint density at radius 3 is 2.30 bits per heavy atom. The minimum Gasteiger partial charge on any atom is -0.439 e. The van der Waals surface area contributed by atoms with Gasteiger partial charge in [-0.2, -0.15) is 26.3 Å². The first kappa shape index (κ1) is 21.7. The maximum atomic E-state index is 13.0. The van der Waals surface area contributed by atoms with Gasteiger partial charge in [-0.1, -0.05) is 17.7 Å². The van der Waals surface area contributed by atoms with E-state index in [0.717, 1.165) is 30.6 Å². The van der Waals surface area contributed by atoms with E-state index < -0.39 is 28.5 Å². The van der Waals surface area contributed by atoms with Crippen LogP contribution in [0.15, 0.2) is 54.9 Å². The zero-order valence-corrected chi connectivity index (χ0v) is 15.8. The highest BCUT2D eigenvalue weighted by Gasteiger charge is 2.34. The van der Waals surface area contributed by atoms with E-state index in [1.165, 1.54) is 36.2 Å². The van der Waals surface area contributed by atoms with E-state index in [4.69, 9.17) is 16.3 Å². The fourth-order valence-electron chi connectivity index (χ4n) is 2.50. The molecule has 0 aliphatic rings. The summed E-state index contributed by atoms with van der Waals surface area (Å²) in [4.78, 5) is 9.15. The zero-order valence-electron chi connectivity index (χ0n) is 15.1.